The number of amides is 2. The lowest BCUT2D eigenvalue weighted by molar-refractivity contribution is -0.122. The molecule has 1 saturated carbocycles. The highest BCUT2D eigenvalue weighted by molar-refractivity contribution is 5.83. The Morgan fingerprint density at radius 3 is 2.34 bits per heavy atom. The van der Waals surface area contributed by atoms with E-state index in [-0.39, 0.29) is 23.3 Å². The second-order valence-electron chi connectivity index (χ2n) is 10.9. The monoisotopic (exact) mass is 565 g/mol. The van der Waals surface area contributed by atoms with Gasteiger partial charge in [0.05, 0.1) is 33.1 Å². The molecule has 0 bridgehead atoms. The molecule has 0 heterocycles. The molecule has 2 aromatic rings. The Labute approximate surface area is 242 Å². The van der Waals surface area contributed by atoms with Crippen LogP contribution in [0.1, 0.15) is 81.9 Å². The van der Waals surface area contributed by atoms with Crippen molar-refractivity contribution in [3.63, 3.8) is 0 Å². The van der Waals surface area contributed by atoms with Gasteiger partial charge in [0.15, 0.2) is 11.5 Å². The zero-order valence-electron chi connectivity index (χ0n) is 24.7. The molecular weight excluding hydrogens is 522 g/mol. The first-order valence-corrected chi connectivity index (χ1v) is 14.7. The molecule has 2 aromatic carbocycles. The summed E-state index contributed by atoms with van der Waals surface area (Å²) in [5, 5.41) is 9.46. The van der Waals surface area contributed by atoms with Crippen LogP contribution in [0.15, 0.2) is 29.1 Å². The van der Waals surface area contributed by atoms with Crippen LogP contribution < -0.4 is 35.6 Å². The Morgan fingerprint density at radius 1 is 0.902 bits per heavy atom. The van der Waals surface area contributed by atoms with Crippen LogP contribution in [-0.4, -0.2) is 45.7 Å². The van der Waals surface area contributed by atoms with Crippen molar-refractivity contribution < 1.29 is 23.8 Å². The highest BCUT2D eigenvalue weighted by atomic mass is 16.5. The standard InChI is InChI=1S/C32H43N3O6/c1-20(36)34-25-15-13-21-18-28(39-2)31(40-3)32(41-4)30(21)23-14-16-26(27(37)19-24(23)25)33-17-9-5-6-12-29(38)35-22-10-7-8-11-22/h14,16,18-19,22,25H,5-13,15,17H2,1-4H3,(H,33,37)(H,34,36)(H,35,38)/t25-/m1/s1. The number of benzene rings is 1. The van der Waals surface area contributed by atoms with Crippen molar-refractivity contribution >= 4 is 17.5 Å². The van der Waals surface area contributed by atoms with Gasteiger partial charge >= 0.3 is 0 Å². The summed E-state index contributed by atoms with van der Waals surface area (Å²) < 4.78 is 17.1. The fraction of sp³-hybridized carbons (Fsp3) is 0.531. The van der Waals surface area contributed by atoms with E-state index >= 15 is 0 Å². The van der Waals surface area contributed by atoms with E-state index in [1.54, 1.807) is 33.5 Å². The number of hydrogen-bond acceptors (Lipinski definition) is 7. The van der Waals surface area contributed by atoms with Gasteiger partial charge < -0.3 is 30.2 Å². The maximum absolute atomic E-state index is 13.4. The van der Waals surface area contributed by atoms with Crippen molar-refractivity contribution in [3.8, 4) is 28.4 Å². The number of anilines is 1. The third-order valence-electron chi connectivity index (χ3n) is 8.03. The van der Waals surface area contributed by atoms with E-state index in [1.807, 2.05) is 12.1 Å². The molecule has 1 atom stereocenters. The average Bonchev–Trinajstić information content (AvgIpc) is 3.35. The Balaban J connectivity index is 1.54. The summed E-state index contributed by atoms with van der Waals surface area (Å²) in [4.78, 5) is 37.7. The fourth-order valence-electron chi connectivity index (χ4n) is 6.03. The molecule has 3 N–H and O–H groups in total. The van der Waals surface area contributed by atoms with Crippen LogP contribution in [0.25, 0.3) is 11.1 Å². The van der Waals surface area contributed by atoms with E-state index in [0.29, 0.717) is 54.8 Å². The molecule has 0 aromatic heterocycles. The lowest BCUT2D eigenvalue weighted by Crippen LogP contribution is -2.32. The van der Waals surface area contributed by atoms with E-state index < -0.39 is 0 Å². The van der Waals surface area contributed by atoms with Gasteiger partial charge in [0, 0.05) is 31.5 Å². The van der Waals surface area contributed by atoms with E-state index in [1.165, 1.54) is 19.8 Å². The SMILES string of the molecule is COc1cc2c(c(OC)c1OC)-c1ccc(NCCCCCC(=O)NC3CCCC3)c(=O)cc1[C@H](NC(C)=O)CC2. The van der Waals surface area contributed by atoms with E-state index in [0.717, 1.165) is 54.4 Å². The van der Waals surface area contributed by atoms with Crippen LogP contribution in [-0.2, 0) is 16.0 Å². The van der Waals surface area contributed by atoms with Crippen LogP contribution in [0.3, 0.4) is 0 Å². The normalized spacial score (nSPS) is 16.1. The topological polar surface area (TPSA) is 115 Å². The maximum atomic E-state index is 13.4. The second kappa shape index (κ2) is 14.2. The minimum absolute atomic E-state index is 0.141. The first-order valence-electron chi connectivity index (χ1n) is 14.7. The first kappa shape index (κ1) is 30.2. The number of carbonyl (C=O) groups excluding carboxylic acids is 2. The van der Waals surface area contributed by atoms with Crippen molar-refractivity contribution in [1.82, 2.24) is 10.6 Å². The number of ether oxygens (including phenoxy) is 3. The molecule has 9 heteroatoms. The Bertz CT molecular complexity index is 1310. The van der Waals surface area contributed by atoms with Crippen LogP contribution in [0.4, 0.5) is 5.69 Å². The summed E-state index contributed by atoms with van der Waals surface area (Å²) in [7, 11) is 4.73. The van der Waals surface area contributed by atoms with E-state index in [9.17, 15) is 14.4 Å². The molecule has 2 aliphatic carbocycles. The molecule has 0 saturated heterocycles. The molecule has 0 radical (unpaired) electrons. The maximum Gasteiger partial charge on any atom is 0.220 e. The number of methoxy groups -OCH3 is 3. The minimum Gasteiger partial charge on any atom is -0.493 e. The van der Waals surface area contributed by atoms with Crippen molar-refractivity contribution in [1.29, 1.82) is 0 Å². The van der Waals surface area contributed by atoms with Gasteiger partial charge in [-0.05, 0) is 73.4 Å². The third-order valence-corrected chi connectivity index (χ3v) is 8.03. The second-order valence-corrected chi connectivity index (χ2v) is 10.9. The highest BCUT2D eigenvalue weighted by Gasteiger charge is 2.29. The zero-order valence-corrected chi connectivity index (χ0v) is 24.7. The molecule has 0 spiro atoms. The highest BCUT2D eigenvalue weighted by Crippen LogP contribution is 2.50. The van der Waals surface area contributed by atoms with Gasteiger partial charge in [0.25, 0.3) is 0 Å². The van der Waals surface area contributed by atoms with Gasteiger partial charge in [-0.1, -0.05) is 25.3 Å². The number of unbranched alkanes of at least 4 members (excludes halogenated alkanes) is 2. The summed E-state index contributed by atoms with van der Waals surface area (Å²) in [6, 6.07) is 7.28. The largest absolute Gasteiger partial charge is 0.493 e. The first-order chi connectivity index (χ1) is 19.9. The summed E-state index contributed by atoms with van der Waals surface area (Å²) in [5.41, 5.74) is 3.67. The molecule has 1 fully saturated rings. The fourth-order valence-corrected chi connectivity index (χ4v) is 6.03. The van der Waals surface area contributed by atoms with Crippen LogP contribution in [0, 0.1) is 0 Å². The summed E-state index contributed by atoms with van der Waals surface area (Å²) in [5.74, 6) is 1.54. The number of aryl methyl sites for hydroxylation is 1. The number of nitrogens with one attached hydrogen (secondary N) is 3. The molecule has 41 heavy (non-hydrogen) atoms. The van der Waals surface area contributed by atoms with Gasteiger partial charge in [0.2, 0.25) is 23.0 Å². The predicted octanol–water partition coefficient (Wildman–Crippen LogP) is 4.89. The van der Waals surface area contributed by atoms with Gasteiger partial charge in [-0.2, -0.15) is 0 Å². The van der Waals surface area contributed by atoms with Crippen LogP contribution in [0.2, 0.25) is 0 Å². The Morgan fingerprint density at radius 2 is 1.66 bits per heavy atom. The Kier molecular flexibility index (Phi) is 10.5. The summed E-state index contributed by atoms with van der Waals surface area (Å²) in [6.45, 7) is 2.10. The van der Waals surface area contributed by atoms with Crippen molar-refractivity contribution in [2.75, 3.05) is 33.2 Å². The third kappa shape index (κ3) is 7.31. The van der Waals surface area contributed by atoms with Gasteiger partial charge in [-0.25, -0.2) is 0 Å². The molecule has 4 rings (SSSR count). The Hall–Kier alpha value is -3.75. The zero-order chi connectivity index (χ0) is 29.4. The van der Waals surface area contributed by atoms with Crippen molar-refractivity contribution in [2.45, 2.75) is 83.2 Å². The predicted molar refractivity (Wildman–Crippen MR) is 160 cm³/mol. The van der Waals surface area contributed by atoms with Crippen molar-refractivity contribution in [2.24, 2.45) is 0 Å². The molecule has 0 unspecified atom stereocenters. The quantitative estimate of drug-likeness (QED) is 0.314. The number of rotatable bonds is 12. The van der Waals surface area contributed by atoms with Gasteiger partial charge in [-0.3, -0.25) is 14.4 Å². The number of fused-ring (bicyclic) bond motifs is 3. The smallest absolute Gasteiger partial charge is 0.220 e. The summed E-state index contributed by atoms with van der Waals surface area (Å²) >= 11 is 0. The van der Waals surface area contributed by atoms with E-state index in [4.69, 9.17) is 14.2 Å². The molecule has 9 nitrogen and oxygen atoms in total. The lowest BCUT2D eigenvalue weighted by atomic mass is 9.95. The lowest BCUT2D eigenvalue weighted by Gasteiger charge is -2.19. The molecule has 0 aliphatic heterocycles. The molecule has 222 valence electrons. The summed E-state index contributed by atoms with van der Waals surface area (Å²) in [6.07, 6.45) is 8.95. The van der Waals surface area contributed by atoms with Gasteiger partial charge in [-0.15, -0.1) is 0 Å². The van der Waals surface area contributed by atoms with Gasteiger partial charge in [0.1, 0.15) is 0 Å². The van der Waals surface area contributed by atoms with Crippen molar-refractivity contribution in [3.05, 3.63) is 45.6 Å². The number of carbonyl (C=O) groups is 2. The average molecular weight is 566 g/mol. The van der Waals surface area contributed by atoms with E-state index in [2.05, 4.69) is 16.0 Å². The van der Waals surface area contributed by atoms with Crippen LogP contribution in [0.5, 0.6) is 17.2 Å². The number of hydrogen-bond donors (Lipinski definition) is 3. The molecule has 2 amide bonds. The van der Waals surface area contributed by atoms with Crippen LogP contribution >= 0.6 is 0 Å². The molecular formula is C32H43N3O6. The minimum atomic E-state index is -0.347. The molecule has 2 aliphatic rings.